The van der Waals surface area contributed by atoms with Gasteiger partial charge < -0.3 is 5.32 Å². The number of benzene rings is 2. The first-order valence-electron chi connectivity index (χ1n) is 7.85. The Kier molecular flexibility index (Phi) is 5.85. The van der Waals surface area contributed by atoms with E-state index in [1.165, 1.54) is 29.5 Å². The zero-order chi connectivity index (χ0) is 19.2. The molecule has 3 amide bonds. The summed E-state index contributed by atoms with van der Waals surface area (Å²) in [7, 11) is 0. The molecule has 0 saturated heterocycles. The van der Waals surface area contributed by atoms with Crippen molar-refractivity contribution in [1.29, 1.82) is 0 Å². The third kappa shape index (κ3) is 4.72. The van der Waals surface area contributed by atoms with E-state index in [0.29, 0.717) is 15.5 Å². The van der Waals surface area contributed by atoms with Gasteiger partial charge in [0.1, 0.15) is 0 Å². The van der Waals surface area contributed by atoms with E-state index in [9.17, 15) is 14.4 Å². The zero-order valence-electron chi connectivity index (χ0n) is 13.9. The second-order valence-corrected chi connectivity index (χ2v) is 6.78. The Morgan fingerprint density at radius 1 is 0.815 bits per heavy atom. The lowest BCUT2D eigenvalue weighted by Gasteiger charge is -2.12. The van der Waals surface area contributed by atoms with Crippen molar-refractivity contribution in [2.24, 2.45) is 0 Å². The van der Waals surface area contributed by atoms with E-state index in [1.54, 1.807) is 47.8 Å². The third-order valence-corrected chi connectivity index (χ3v) is 4.65. The highest BCUT2D eigenvalue weighted by Gasteiger charge is 2.16. The highest BCUT2D eigenvalue weighted by molar-refractivity contribution is 7.12. The summed E-state index contributed by atoms with van der Waals surface area (Å²) in [4.78, 5) is 37.3. The van der Waals surface area contributed by atoms with Crippen molar-refractivity contribution >= 4 is 46.3 Å². The Morgan fingerprint density at radius 2 is 1.56 bits per heavy atom. The molecule has 0 saturated carbocycles. The Morgan fingerprint density at radius 3 is 2.26 bits per heavy atom. The molecule has 3 aromatic rings. The minimum Gasteiger partial charge on any atom is -0.320 e. The molecule has 0 spiro atoms. The van der Waals surface area contributed by atoms with Gasteiger partial charge in [-0.1, -0.05) is 35.9 Å². The quantitative estimate of drug-likeness (QED) is 0.584. The summed E-state index contributed by atoms with van der Waals surface area (Å²) in [6.07, 6.45) is 0. The molecule has 0 aliphatic rings. The molecule has 0 unspecified atom stereocenters. The smallest absolute Gasteiger partial charge is 0.271 e. The first-order valence-corrected chi connectivity index (χ1v) is 9.10. The molecule has 0 atom stereocenters. The third-order valence-electron chi connectivity index (χ3n) is 3.54. The maximum absolute atomic E-state index is 12.5. The first-order chi connectivity index (χ1) is 13.0. The summed E-state index contributed by atoms with van der Waals surface area (Å²) in [5, 5.41) is 4.81. The fourth-order valence-electron chi connectivity index (χ4n) is 2.25. The number of thiophene rings is 1. The van der Waals surface area contributed by atoms with E-state index in [2.05, 4.69) is 16.2 Å². The predicted molar refractivity (Wildman–Crippen MR) is 105 cm³/mol. The maximum atomic E-state index is 12.5. The number of anilines is 1. The Balaban J connectivity index is 1.72. The van der Waals surface area contributed by atoms with Crippen molar-refractivity contribution < 1.29 is 14.4 Å². The molecule has 27 heavy (non-hydrogen) atoms. The van der Waals surface area contributed by atoms with Gasteiger partial charge in [0.15, 0.2) is 0 Å². The van der Waals surface area contributed by atoms with E-state index in [-0.39, 0.29) is 17.2 Å². The van der Waals surface area contributed by atoms with Crippen molar-refractivity contribution in [3.8, 4) is 0 Å². The average Bonchev–Trinajstić information content (AvgIpc) is 3.21. The number of carbonyl (C=O) groups excluding carboxylic acids is 3. The van der Waals surface area contributed by atoms with Crippen LogP contribution in [0.25, 0.3) is 0 Å². The van der Waals surface area contributed by atoms with Crippen LogP contribution in [0.2, 0.25) is 5.02 Å². The van der Waals surface area contributed by atoms with E-state index >= 15 is 0 Å². The molecule has 3 N–H and O–H groups in total. The lowest BCUT2D eigenvalue weighted by Crippen LogP contribution is -2.41. The molecule has 3 rings (SSSR count). The van der Waals surface area contributed by atoms with Gasteiger partial charge in [0.2, 0.25) is 0 Å². The van der Waals surface area contributed by atoms with E-state index in [1.807, 2.05) is 0 Å². The molecule has 1 aromatic heterocycles. The van der Waals surface area contributed by atoms with E-state index in [0.717, 1.165) is 0 Å². The van der Waals surface area contributed by atoms with Gasteiger partial charge in [-0.3, -0.25) is 25.2 Å². The van der Waals surface area contributed by atoms with Crippen LogP contribution >= 0.6 is 22.9 Å². The van der Waals surface area contributed by atoms with Crippen LogP contribution in [0.5, 0.6) is 0 Å². The number of rotatable bonds is 4. The summed E-state index contributed by atoms with van der Waals surface area (Å²) in [6, 6.07) is 16.4. The topological polar surface area (TPSA) is 87.3 Å². The number of halogens is 1. The van der Waals surface area contributed by atoms with Gasteiger partial charge in [0, 0.05) is 10.6 Å². The standard InChI is InChI=1S/C19H14ClN3O3S/c20-13-8-9-14(15(11-13)21-19(26)16-7-4-10-27-16)18(25)23-22-17(24)12-5-2-1-3-6-12/h1-11H,(H,21,26)(H,22,24)(H,23,25). The van der Waals surface area contributed by atoms with Crippen LogP contribution in [0.4, 0.5) is 5.69 Å². The van der Waals surface area contributed by atoms with Crippen LogP contribution in [0.15, 0.2) is 66.0 Å². The Bertz CT molecular complexity index is 975. The van der Waals surface area contributed by atoms with E-state index in [4.69, 9.17) is 11.6 Å². The number of nitrogens with one attached hydrogen (secondary N) is 3. The lowest BCUT2D eigenvalue weighted by molar-refractivity contribution is 0.0847. The molecule has 0 aliphatic heterocycles. The Labute approximate surface area is 164 Å². The van der Waals surface area contributed by atoms with Crippen molar-refractivity contribution in [2.45, 2.75) is 0 Å². The molecular weight excluding hydrogens is 386 g/mol. The molecule has 6 nitrogen and oxygen atoms in total. The summed E-state index contributed by atoms with van der Waals surface area (Å²) >= 11 is 7.27. The largest absolute Gasteiger partial charge is 0.320 e. The van der Waals surface area contributed by atoms with Crippen LogP contribution in [0, 0.1) is 0 Å². The van der Waals surface area contributed by atoms with Crippen molar-refractivity contribution in [3.63, 3.8) is 0 Å². The predicted octanol–water partition coefficient (Wildman–Crippen LogP) is 3.73. The van der Waals surface area contributed by atoms with Gasteiger partial charge in [-0.15, -0.1) is 11.3 Å². The van der Waals surface area contributed by atoms with Gasteiger partial charge >= 0.3 is 0 Å². The minimum atomic E-state index is -0.586. The Hall–Kier alpha value is -3.16. The molecule has 0 aliphatic carbocycles. The normalized spacial score (nSPS) is 10.1. The number of hydrazine groups is 1. The van der Waals surface area contributed by atoms with Crippen molar-refractivity contribution in [3.05, 3.63) is 87.1 Å². The monoisotopic (exact) mass is 399 g/mol. The van der Waals surface area contributed by atoms with Crippen LogP contribution in [-0.2, 0) is 0 Å². The van der Waals surface area contributed by atoms with Crippen LogP contribution < -0.4 is 16.2 Å². The fraction of sp³-hybridized carbons (Fsp3) is 0. The molecule has 136 valence electrons. The zero-order valence-corrected chi connectivity index (χ0v) is 15.4. The summed E-state index contributed by atoms with van der Waals surface area (Å²) in [5.41, 5.74) is 5.48. The molecule has 2 aromatic carbocycles. The highest BCUT2D eigenvalue weighted by atomic mass is 35.5. The summed E-state index contributed by atoms with van der Waals surface area (Å²) in [5.74, 6) is -1.39. The van der Waals surface area contributed by atoms with Crippen molar-refractivity contribution in [1.82, 2.24) is 10.9 Å². The number of carbonyl (C=O) groups is 3. The summed E-state index contributed by atoms with van der Waals surface area (Å²) in [6.45, 7) is 0. The van der Waals surface area contributed by atoms with Gasteiger partial charge in [0.05, 0.1) is 16.1 Å². The second kappa shape index (κ2) is 8.48. The number of hydrogen-bond acceptors (Lipinski definition) is 4. The van der Waals surface area contributed by atoms with Crippen LogP contribution in [0.1, 0.15) is 30.4 Å². The molecule has 0 fully saturated rings. The molecule has 8 heteroatoms. The summed E-state index contributed by atoms with van der Waals surface area (Å²) < 4.78 is 0. The van der Waals surface area contributed by atoms with Crippen molar-refractivity contribution in [2.75, 3.05) is 5.32 Å². The van der Waals surface area contributed by atoms with Gasteiger partial charge in [-0.25, -0.2) is 0 Å². The highest BCUT2D eigenvalue weighted by Crippen LogP contribution is 2.22. The number of hydrogen-bond donors (Lipinski definition) is 3. The van der Waals surface area contributed by atoms with Crippen LogP contribution in [-0.4, -0.2) is 17.7 Å². The maximum Gasteiger partial charge on any atom is 0.271 e. The first kappa shape index (κ1) is 18.6. The molecule has 0 radical (unpaired) electrons. The second-order valence-electron chi connectivity index (χ2n) is 5.40. The van der Waals surface area contributed by atoms with Gasteiger partial charge in [-0.05, 0) is 41.8 Å². The lowest BCUT2D eigenvalue weighted by atomic mass is 10.1. The SMILES string of the molecule is O=C(NNC(=O)c1ccc(Cl)cc1NC(=O)c1cccs1)c1ccccc1. The molecule has 1 heterocycles. The van der Waals surface area contributed by atoms with Gasteiger partial charge in [-0.2, -0.15) is 0 Å². The average molecular weight is 400 g/mol. The van der Waals surface area contributed by atoms with Crippen LogP contribution in [0.3, 0.4) is 0 Å². The minimum absolute atomic E-state index is 0.165. The van der Waals surface area contributed by atoms with E-state index < -0.39 is 11.8 Å². The molecule has 0 bridgehead atoms. The fourth-order valence-corrected chi connectivity index (χ4v) is 3.04. The molecular formula is C19H14ClN3O3S. The van der Waals surface area contributed by atoms with Gasteiger partial charge in [0.25, 0.3) is 17.7 Å². The number of amides is 3.